The number of benzene rings is 1. The third-order valence-corrected chi connectivity index (χ3v) is 2.87. The summed E-state index contributed by atoms with van der Waals surface area (Å²) in [6, 6.07) is 7.81. The first kappa shape index (κ1) is 14.1. The van der Waals surface area contributed by atoms with Gasteiger partial charge < -0.3 is 9.72 Å². The van der Waals surface area contributed by atoms with Gasteiger partial charge in [0.2, 0.25) is 0 Å². The van der Waals surface area contributed by atoms with E-state index in [0.29, 0.717) is 16.3 Å². The van der Waals surface area contributed by atoms with Crippen LogP contribution in [0.3, 0.4) is 0 Å². The first-order valence-electron chi connectivity index (χ1n) is 5.88. The molecule has 0 unspecified atom stereocenters. The molecule has 0 amide bonds. The van der Waals surface area contributed by atoms with Crippen molar-refractivity contribution >= 4 is 17.6 Å². The van der Waals surface area contributed by atoms with Gasteiger partial charge in [0.15, 0.2) is 5.43 Å². The summed E-state index contributed by atoms with van der Waals surface area (Å²) in [6.07, 6.45) is 3.21. The van der Waals surface area contributed by atoms with E-state index < -0.39 is 5.97 Å². The maximum Gasteiger partial charge on any atom is 0.339 e. The van der Waals surface area contributed by atoms with Crippen LogP contribution in [0.15, 0.2) is 59.7 Å². The van der Waals surface area contributed by atoms with E-state index in [9.17, 15) is 9.59 Å². The van der Waals surface area contributed by atoms with Crippen LogP contribution < -0.4 is 10.2 Å². The Labute approximate surface area is 120 Å². The highest BCUT2D eigenvalue weighted by Gasteiger charge is 2.12. The first-order valence-corrected chi connectivity index (χ1v) is 6.25. The van der Waals surface area contributed by atoms with Gasteiger partial charge in [-0.3, -0.25) is 4.79 Å². The molecule has 1 heterocycles. The minimum absolute atomic E-state index is 0.141. The van der Waals surface area contributed by atoms with Crippen molar-refractivity contribution in [2.24, 2.45) is 0 Å². The summed E-state index contributed by atoms with van der Waals surface area (Å²) >= 11 is 5.74. The quantitative estimate of drug-likeness (QED) is 0.535. The molecule has 102 valence electrons. The summed E-state index contributed by atoms with van der Waals surface area (Å²) < 4.78 is 5.13. The van der Waals surface area contributed by atoms with E-state index in [2.05, 4.69) is 11.6 Å². The van der Waals surface area contributed by atoms with E-state index in [-0.39, 0.29) is 17.4 Å². The topological polar surface area (TPSA) is 59.2 Å². The highest BCUT2D eigenvalue weighted by atomic mass is 35.5. The maximum atomic E-state index is 11.8. The molecule has 2 aromatic rings. The lowest BCUT2D eigenvalue weighted by Gasteiger charge is -2.06. The fraction of sp³-hybridized carbons (Fsp3) is 0.0667. The van der Waals surface area contributed by atoms with Crippen LogP contribution in [0.5, 0.6) is 5.75 Å². The zero-order valence-electron chi connectivity index (χ0n) is 10.6. The lowest BCUT2D eigenvalue weighted by Crippen LogP contribution is -2.16. The number of halogens is 1. The van der Waals surface area contributed by atoms with Gasteiger partial charge in [-0.1, -0.05) is 18.2 Å². The van der Waals surface area contributed by atoms with Gasteiger partial charge in [0.25, 0.3) is 0 Å². The summed E-state index contributed by atoms with van der Waals surface area (Å²) in [6.45, 7) is 3.65. The molecule has 0 atom stereocenters. The minimum Gasteiger partial charge on any atom is -0.423 e. The second-order valence-electron chi connectivity index (χ2n) is 4.16. The van der Waals surface area contributed by atoms with Gasteiger partial charge in [-0.15, -0.1) is 0 Å². The summed E-state index contributed by atoms with van der Waals surface area (Å²) in [5, 5.41) is 0.555. The molecule has 0 fully saturated rings. The summed E-state index contributed by atoms with van der Waals surface area (Å²) in [4.78, 5) is 26.2. The molecule has 0 aliphatic heterocycles. The number of carbonyl (C=O) groups is 1. The first-order chi connectivity index (χ1) is 9.56. The van der Waals surface area contributed by atoms with Crippen molar-refractivity contribution in [3.8, 4) is 5.75 Å². The molecule has 20 heavy (non-hydrogen) atoms. The molecule has 1 N–H and O–H groups in total. The summed E-state index contributed by atoms with van der Waals surface area (Å²) in [5.74, 6) is -0.196. The maximum absolute atomic E-state index is 11.8. The number of hydrogen-bond donors (Lipinski definition) is 1. The van der Waals surface area contributed by atoms with Crippen LogP contribution in [-0.4, -0.2) is 11.0 Å². The van der Waals surface area contributed by atoms with Crippen molar-refractivity contribution in [1.82, 2.24) is 4.98 Å². The van der Waals surface area contributed by atoms with E-state index in [1.54, 1.807) is 30.5 Å². The Balaban J connectivity index is 2.03. The van der Waals surface area contributed by atoms with Crippen molar-refractivity contribution in [3.05, 3.63) is 75.7 Å². The van der Waals surface area contributed by atoms with E-state index in [0.717, 1.165) is 0 Å². The number of esters is 1. The molecule has 1 aromatic heterocycles. The average molecular weight is 290 g/mol. The van der Waals surface area contributed by atoms with Crippen molar-refractivity contribution in [3.63, 3.8) is 0 Å². The average Bonchev–Trinajstić information content (AvgIpc) is 2.44. The number of H-pyrrole nitrogens is 1. The summed E-state index contributed by atoms with van der Waals surface area (Å²) in [5.41, 5.74) is 0.520. The predicted octanol–water partition coefficient (Wildman–Crippen LogP) is 2.73. The largest absolute Gasteiger partial charge is 0.423 e. The SMILES string of the molecule is C=C(Cc1c[nH]ccc1=O)C(=O)Oc1ccc(Cl)cc1. The molecule has 1 aromatic carbocycles. The number of rotatable bonds is 4. The van der Waals surface area contributed by atoms with Crippen LogP contribution in [0.4, 0.5) is 0 Å². The number of ether oxygens (including phenoxy) is 1. The fourth-order valence-corrected chi connectivity index (χ4v) is 1.70. The smallest absolute Gasteiger partial charge is 0.339 e. The molecule has 0 radical (unpaired) electrons. The van der Waals surface area contributed by atoms with Gasteiger partial charge in [0.1, 0.15) is 5.75 Å². The standard InChI is InChI=1S/C15H12ClNO3/c1-10(8-11-9-17-7-6-14(11)18)15(19)20-13-4-2-12(16)3-5-13/h2-7,9H,1,8H2,(H,17,18). The van der Waals surface area contributed by atoms with Crippen LogP contribution in [0.25, 0.3) is 0 Å². The Bertz CT molecular complexity index is 689. The van der Waals surface area contributed by atoms with Gasteiger partial charge in [-0.25, -0.2) is 4.79 Å². The Kier molecular flexibility index (Phi) is 4.38. The minimum atomic E-state index is -0.574. The normalized spacial score (nSPS) is 10.1. The van der Waals surface area contributed by atoms with Crippen molar-refractivity contribution < 1.29 is 9.53 Å². The lowest BCUT2D eigenvalue weighted by atomic mass is 10.1. The number of carbonyl (C=O) groups excluding carboxylic acids is 1. The zero-order valence-corrected chi connectivity index (χ0v) is 11.3. The number of pyridine rings is 1. The molecular formula is C15H12ClNO3. The number of hydrogen-bond acceptors (Lipinski definition) is 3. The second-order valence-corrected chi connectivity index (χ2v) is 4.59. The molecule has 0 bridgehead atoms. The highest BCUT2D eigenvalue weighted by Crippen LogP contribution is 2.17. The fourth-order valence-electron chi connectivity index (χ4n) is 1.57. The Morgan fingerprint density at radius 2 is 1.95 bits per heavy atom. The Morgan fingerprint density at radius 1 is 1.25 bits per heavy atom. The highest BCUT2D eigenvalue weighted by molar-refractivity contribution is 6.30. The molecule has 0 aliphatic carbocycles. The number of aromatic amines is 1. The Hall–Kier alpha value is -2.33. The molecule has 4 nitrogen and oxygen atoms in total. The second kappa shape index (κ2) is 6.21. The van der Waals surface area contributed by atoms with Gasteiger partial charge in [-0.05, 0) is 24.3 Å². The molecule has 5 heteroatoms. The molecule has 0 spiro atoms. The van der Waals surface area contributed by atoms with E-state index in [1.807, 2.05) is 0 Å². The van der Waals surface area contributed by atoms with Gasteiger partial charge in [-0.2, -0.15) is 0 Å². The Morgan fingerprint density at radius 3 is 2.60 bits per heavy atom. The number of nitrogens with one attached hydrogen (secondary N) is 1. The van der Waals surface area contributed by atoms with Crippen LogP contribution in [0.1, 0.15) is 5.56 Å². The van der Waals surface area contributed by atoms with Crippen molar-refractivity contribution in [2.75, 3.05) is 0 Å². The van der Waals surface area contributed by atoms with Crippen molar-refractivity contribution in [2.45, 2.75) is 6.42 Å². The van der Waals surface area contributed by atoms with E-state index in [4.69, 9.17) is 16.3 Å². The molecule has 0 saturated heterocycles. The predicted molar refractivity (Wildman–Crippen MR) is 77.0 cm³/mol. The molecule has 0 saturated carbocycles. The van der Waals surface area contributed by atoms with Gasteiger partial charge in [0, 0.05) is 41.0 Å². The lowest BCUT2D eigenvalue weighted by molar-refractivity contribution is -0.130. The van der Waals surface area contributed by atoms with Gasteiger partial charge in [0.05, 0.1) is 0 Å². The third-order valence-electron chi connectivity index (χ3n) is 2.62. The van der Waals surface area contributed by atoms with Crippen molar-refractivity contribution in [1.29, 1.82) is 0 Å². The van der Waals surface area contributed by atoms with E-state index in [1.165, 1.54) is 12.3 Å². The summed E-state index contributed by atoms with van der Waals surface area (Å²) in [7, 11) is 0. The number of aromatic nitrogens is 1. The van der Waals surface area contributed by atoms with Crippen LogP contribution in [-0.2, 0) is 11.2 Å². The van der Waals surface area contributed by atoms with Crippen LogP contribution in [0.2, 0.25) is 5.02 Å². The molecular weight excluding hydrogens is 278 g/mol. The monoisotopic (exact) mass is 289 g/mol. The molecule has 2 rings (SSSR count). The zero-order chi connectivity index (χ0) is 14.5. The van der Waals surface area contributed by atoms with Gasteiger partial charge >= 0.3 is 5.97 Å². The third kappa shape index (κ3) is 3.59. The van der Waals surface area contributed by atoms with Crippen LogP contribution >= 0.6 is 11.6 Å². The molecule has 0 aliphatic rings. The van der Waals surface area contributed by atoms with E-state index >= 15 is 0 Å². The van der Waals surface area contributed by atoms with Crippen LogP contribution in [0, 0.1) is 0 Å².